The Morgan fingerprint density at radius 1 is 1.48 bits per heavy atom. The average Bonchev–Trinajstić information content (AvgIpc) is 3.01. The number of thioether (sulfide) groups is 1. The number of amides is 1. The summed E-state index contributed by atoms with van der Waals surface area (Å²) in [6, 6.07) is 2.09. The summed E-state index contributed by atoms with van der Waals surface area (Å²) in [5.74, 6) is 1.15. The minimum absolute atomic E-state index is 0.207. The molecule has 110 valence electrons. The van der Waals surface area contributed by atoms with E-state index in [2.05, 4.69) is 36.5 Å². The maximum absolute atomic E-state index is 11.1. The van der Waals surface area contributed by atoms with Crippen molar-refractivity contribution >= 4 is 23.5 Å². The summed E-state index contributed by atoms with van der Waals surface area (Å²) in [6.07, 6.45) is 1.30. The molecule has 0 aliphatic carbocycles. The third-order valence-corrected chi connectivity index (χ3v) is 3.60. The Morgan fingerprint density at radius 2 is 2.29 bits per heavy atom. The molecule has 1 amide bonds. The molecule has 1 N–H and O–H groups in total. The first kappa shape index (κ1) is 15.0. The van der Waals surface area contributed by atoms with Crippen molar-refractivity contribution in [3.05, 3.63) is 0 Å². The van der Waals surface area contributed by atoms with Crippen LogP contribution in [0.5, 0.6) is 0 Å². The molecule has 0 saturated heterocycles. The topological polar surface area (TPSA) is 123 Å². The smallest absolute Gasteiger partial charge is 0.222 e. The van der Waals surface area contributed by atoms with Gasteiger partial charge >= 0.3 is 0 Å². The minimum atomic E-state index is -0.278. The maximum atomic E-state index is 11.1. The molecule has 0 saturated carbocycles. The first-order chi connectivity index (χ1) is 10.1. The van der Waals surface area contributed by atoms with Crippen LogP contribution >= 0.6 is 11.8 Å². The predicted molar refractivity (Wildman–Crippen MR) is 74.2 cm³/mol. The standard InChI is InChI=1S/C11H13N7O2S/c1-7(19)13-9-8(16-20-17-9)10-14-15-11(18(10)2)21-6-4-3-5-12/h3-4,6H2,1-2H3,(H,13,17,19). The molecule has 0 unspecified atom stereocenters. The van der Waals surface area contributed by atoms with Crippen LogP contribution in [0.15, 0.2) is 9.79 Å². The number of nitrogens with zero attached hydrogens (tertiary/aromatic N) is 6. The highest BCUT2D eigenvalue weighted by atomic mass is 32.2. The number of nitriles is 1. The number of unbranched alkanes of at least 4 members (excludes halogenated alkanes) is 1. The van der Waals surface area contributed by atoms with Crippen LogP contribution in [-0.4, -0.2) is 36.7 Å². The fraction of sp³-hybridized carbons (Fsp3) is 0.455. The summed E-state index contributed by atoms with van der Waals surface area (Å²) in [6.45, 7) is 1.37. The Hall–Kier alpha value is -2.41. The van der Waals surface area contributed by atoms with E-state index in [-0.39, 0.29) is 11.7 Å². The number of hydrogen-bond acceptors (Lipinski definition) is 8. The van der Waals surface area contributed by atoms with Crippen LogP contribution < -0.4 is 5.32 Å². The van der Waals surface area contributed by atoms with E-state index in [1.807, 2.05) is 0 Å². The van der Waals surface area contributed by atoms with Gasteiger partial charge in [-0.2, -0.15) is 5.26 Å². The fourth-order valence-corrected chi connectivity index (χ4v) is 2.40. The monoisotopic (exact) mass is 307 g/mol. The van der Waals surface area contributed by atoms with Gasteiger partial charge < -0.3 is 9.88 Å². The lowest BCUT2D eigenvalue weighted by Crippen LogP contribution is -2.08. The second kappa shape index (κ2) is 6.85. The van der Waals surface area contributed by atoms with Gasteiger partial charge in [0.1, 0.15) is 0 Å². The lowest BCUT2D eigenvalue weighted by atomic mass is 10.4. The Bertz CT molecular complexity index is 672. The van der Waals surface area contributed by atoms with Crippen molar-refractivity contribution in [1.29, 1.82) is 5.26 Å². The van der Waals surface area contributed by atoms with E-state index in [1.165, 1.54) is 18.7 Å². The van der Waals surface area contributed by atoms with E-state index in [1.54, 1.807) is 11.6 Å². The third-order valence-electron chi connectivity index (χ3n) is 2.49. The SMILES string of the molecule is CC(=O)Nc1nonc1-c1nnc(SCCCC#N)n1C. The average molecular weight is 307 g/mol. The maximum Gasteiger partial charge on any atom is 0.222 e. The van der Waals surface area contributed by atoms with Crippen molar-refractivity contribution in [3.63, 3.8) is 0 Å². The van der Waals surface area contributed by atoms with Crippen LogP contribution in [0.25, 0.3) is 11.5 Å². The van der Waals surface area contributed by atoms with E-state index < -0.39 is 0 Å². The summed E-state index contributed by atoms with van der Waals surface area (Å²) < 4.78 is 6.38. The minimum Gasteiger partial charge on any atom is -0.306 e. The highest BCUT2D eigenvalue weighted by molar-refractivity contribution is 7.99. The van der Waals surface area contributed by atoms with Gasteiger partial charge in [0.05, 0.1) is 6.07 Å². The predicted octanol–water partition coefficient (Wildman–Crippen LogP) is 1.22. The normalized spacial score (nSPS) is 10.3. The molecule has 0 aliphatic heterocycles. The quantitative estimate of drug-likeness (QED) is 0.624. The molecule has 2 heterocycles. The van der Waals surface area contributed by atoms with Crippen LogP contribution in [0, 0.1) is 11.3 Å². The molecular formula is C11H13N7O2S. The van der Waals surface area contributed by atoms with Crippen molar-refractivity contribution in [3.8, 4) is 17.6 Å². The van der Waals surface area contributed by atoms with Crippen molar-refractivity contribution < 1.29 is 9.42 Å². The van der Waals surface area contributed by atoms with Crippen LogP contribution in [0.3, 0.4) is 0 Å². The molecule has 21 heavy (non-hydrogen) atoms. The van der Waals surface area contributed by atoms with E-state index >= 15 is 0 Å². The molecule has 0 aromatic carbocycles. The third kappa shape index (κ3) is 3.57. The van der Waals surface area contributed by atoms with Gasteiger partial charge in [-0.05, 0) is 16.7 Å². The van der Waals surface area contributed by atoms with Crippen LogP contribution in [0.2, 0.25) is 0 Å². The highest BCUT2D eigenvalue weighted by Gasteiger charge is 2.20. The molecule has 9 nitrogen and oxygen atoms in total. The van der Waals surface area contributed by atoms with E-state index in [9.17, 15) is 4.79 Å². The van der Waals surface area contributed by atoms with Crippen molar-refractivity contribution in [1.82, 2.24) is 25.1 Å². The lowest BCUT2D eigenvalue weighted by molar-refractivity contribution is -0.114. The summed E-state index contributed by atoms with van der Waals surface area (Å²) in [5.41, 5.74) is 0.323. The largest absolute Gasteiger partial charge is 0.306 e. The number of aromatic nitrogens is 5. The second-order valence-corrected chi connectivity index (χ2v) is 5.18. The summed E-state index contributed by atoms with van der Waals surface area (Å²) >= 11 is 1.50. The molecule has 0 spiro atoms. The number of rotatable bonds is 6. The van der Waals surface area contributed by atoms with Crippen LogP contribution in [0.4, 0.5) is 5.82 Å². The van der Waals surface area contributed by atoms with Gasteiger partial charge in [-0.25, -0.2) is 4.63 Å². The first-order valence-corrected chi connectivity index (χ1v) is 7.11. The second-order valence-electron chi connectivity index (χ2n) is 4.12. The fourth-order valence-electron chi connectivity index (χ4n) is 1.55. The molecule has 10 heteroatoms. The molecule has 0 aliphatic rings. The molecule has 2 rings (SSSR count). The molecule has 0 bridgehead atoms. The van der Waals surface area contributed by atoms with Gasteiger partial charge in [0.15, 0.2) is 16.7 Å². The molecule has 2 aromatic rings. The Labute approximate surface area is 124 Å². The number of nitrogens with one attached hydrogen (secondary N) is 1. The zero-order valence-electron chi connectivity index (χ0n) is 11.5. The number of carbonyl (C=O) groups is 1. The molecule has 0 radical (unpaired) electrons. The Morgan fingerprint density at radius 3 is 3.00 bits per heavy atom. The van der Waals surface area contributed by atoms with E-state index in [4.69, 9.17) is 5.26 Å². The highest BCUT2D eigenvalue weighted by Crippen LogP contribution is 2.26. The summed E-state index contributed by atoms with van der Waals surface area (Å²) in [4.78, 5) is 11.1. The van der Waals surface area contributed by atoms with Crippen LogP contribution in [-0.2, 0) is 11.8 Å². The first-order valence-electron chi connectivity index (χ1n) is 6.13. The van der Waals surface area contributed by atoms with Crippen LogP contribution in [0.1, 0.15) is 19.8 Å². The van der Waals surface area contributed by atoms with Gasteiger partial charge in [0, 0.05) is 26.1 Å². The Kier molecular flexibility index (Phi) is 4.89. The summed E-state index contributed by atoms with van der Waals surface area (Å²) in [5, 5.41) is 27.2. The lowest BCUT2D eigenvalue weighted by Gasteiger charge is -2.02. The van der Waals surface area contributed by atoms with Gasteiger partial charge in [-0.15, -0.1) is 10.2 Å². The number of anilines is 1. The van der Waals surface area contributed by atoms with Crippen molar-refractivity contribution in [2.24, 2.45) is 7.05 Å². The zero-order chi connectivity index (χ0) is 15.2. The van der Waals surface area contributed by atoms with Gasteiger partial charge in [0.25, 0.3) is 0 Å². The molecule has 0 fully saturated rings. The van der Waals surface area contributed by atoms with E-state index in [0.29, 0.717) is 23.1 Å². The number of hydrogen-bond donors (Lipinski definition) is 1. The zero-order valence-corrected chi connectivity index (χ0v) is 12.3. The summed E-state index contributed by atoms with van der Waals surface area (Å²) in [7, 11) is 1.79. The van der Waals surface area contributed by atoms with Crippen molar-refractivity contribution in [2.75, 3.05) is 11.1 Å². The molecule has 2 aromatic heterocycles. The van der Waals surface area contributed by atoms with Crippen molar-refractivity contribution in [2.45, 2.75) is 24.9 Å². The Balaban J connectivity index is 2.15. The molecule has 0 atom stereocenters. The molecular weight excluding hydrogens is 294 g/mol. The number of carbonyl (C=O) groups excluding carboxylic acids is 1. The van der Waals surface area contributed by atoms with E-state index in [0.717, 1.165) is 12.2 Å². The van der Waals surface area contributed by atoms with Gasteiger partial charge in [-0.1, -0.05) is 11.8 Å². The van der Waals surface area contributed by atoms with Gasteiger partial charge in [0.2, 0.25) is 11.7 Å². The van der Waals surface area contributed by atoms with Gasteiger partial charge in [-0.3, -0.25) is 4.79 Å².